The van der Waals surface area contributed by atoms with Crippen molar-refractivity contribution < 1.29 is 9.53 Å². The highest BCUT2D eigenvalue weighted by Crippen LogP contribution is 2.12. The molecule has 0 atom stereocenters. The first-order valence-electron chi connectivity index (χ1n) is 4.53. The molecule has 1 heterocycles. The Kier molecular flexibility index (Phi) is 2.64. The highest BCUT2D eigenvalue weighted by molar-refractivity contribution is 5.87. The summed E-state index contributed by atoms with van der Waals surface area (Å²) in [5.41, 5.74) is 0.834. The number of esters is 1. The first-order valence-corrected chi connectivity index (χ1v) is 4.53. The van der Waals surface area contributed by atoms with Gasteiger partial charge < -0.3 is 4.74 Å². The van der Waals surface area contributed by atoms with Crippen LogP contribution in [-0.4, -0.2) is 21.4 Å². The number of nitrogens with zero attached hydrogens (tertiary/aromatic N) is 2. The molecule has 0 saturated carbocycles. The summed E-state index contributed by atoms with van der Waals surface area (Å²) in [6.07, 6.45) is 0. The minimum atomic E-state index is -0.463. The Morgan fingerprint density at radius 1 is 1.50 bits per heavy atom. The van der Waals surface area contributed by atoms with Gasteiger partial charge in [0.25, 0.3) is 0 Å². The van der Waals surface area contributed by atoms with Crippen LogP contribution in [-0.2, 0) is 11.8 Å². The van der Waals surface area contributed by atoms with Crippen LogP contribution in [0.5, 0.6) is 0 Å². The molecular weight excluding hydrogens is 180 g/mol. The van der Waals surface area contributed by atoms with E-state index < -0.39 is 5.60 Å². The number of aryl methyl sites for hydroxylation is 2. The number of carbonyl (C=O) groups excluding carboxylic acids is 1. The van der Waals surface area contributed by atoms with Crippen LogP contribution < -0.4 is 0 Å². The summed E-state index contributed by atoms with van der Waals surface area (Å²) >= 11 is 0. The molecule has 0 fully saturated rings. The van der Waals surface area contributed by atoms with Gasteiger partial charge in [0.1, 0.15) is 11.3 Å². The molecule has 0 aromatic carbocycles. The van der Waals surface area contributed by atoms with E-state index in [9.17, 15) is 4.79 Å². The first kappa shape index (κ1) is 10.8. The summed E-state index contributed by atoms with van der Waals surface area (Å²) in [6.45, 7) is 7.37. The topological polar surface area (TPSA) is 44.1 Å². The summed E-state index contributed by atoms with van der Waals surface area (Å²) in [4.78, 5) is 11.6. The summed E-state index contributed by atoms with van der Waals surface area (Å²) in [7, 11) is 1.73. The fourth-order valence-electron chi connectivity index (χ4n) is 1.13. The molecule has 0 N–H and O–H groups in total. The molecule has 14 heavy (non-hydrogen) atoms. The second-order valence-corrected chi connectivity index (χ2v) is 4.30. The second-order valence-electron chi connectivity index (χ2n) is 4.30. The number of carbonyl (C=O) groups is 1. The Morgan fingerprint density at radius 2 is 2.07 bits per heavy atom. The van der Waals surface area contributed by atoms with Crippen LogP contribution in [0, 0.1) is 6.92 Å². The van der Waals surface area contributed by atoms with Crippen molar-refractivity contribution in [1.82, 2.24) is 9.78 Å². The molecule has 0 bridgehead atoms. The van der Waals surface area contributed by atoms with E-state index in [0.717, 1.165) is 5.69 Å². The maximum absolute atomic E-state index is 11.6. The summed E-state index contributed by atoms with van der Waals surface area (Å²) in [5, 5.41) is 4.08. The van der Waals surface area contributed by atoms with Gasteiger partial charge >= 0.3 is 5.97 Å². The van der Waals surface area contributed by atoms with Gasteiger partial charge in [0.05, 0.1) is 5.69 Å². The van der Waals surface area contributed by atoms with Crippen molar-refractivity contribution in [3.63, 3.8) is 0 Å². The number of aromatic nitrogens is 2. The highest BCUT2D eigenvalue weighted by atomic mass is 16.6. The Hall–Kier alpha value is -1.32. The minimum Gasteiger partial charge on any atom is -0.455 e. The van der Waals surface area contributed by atoms with Gasteiger partial charge in [0.2, 0.25) is 0 Å². The molecule has 1 aromatic heterocycles. The Labute approximate surface area is 83.9 Å². The molecule has 0 amide bonds. The van der Waals surface area contributed by atoms with Crippen LogP contribution in [0.15, 0.2) is 6.07 Å². The van der Waals surface area contributed by atoms with E-state index in [4.69, 9.17) is 4.74 Å². The largest absolute Gasteiger partial charge is 0.455 e. The molecule has 0 aliphatic rings. The highest BCUT2D eigenvalue weighted by Gasteiger charge is 2.20. The van der Waals surface area contributed by atoms with Gasteiger partial charge in [-0.1, -0.05) is 0 Å². The fourth-order valence-corrected chi connectivity index (χ4v) is 1.13. The van der Waals surface area contributed by atoms with E-state index in [0.29, 0.717) is 5.69 Å². The number of hydrogen-bond acceptors (Lipinski definition) is 3. The summed E-state index contributed by atoms with van der Waals surface area (Å²) < 4.78 is 6.75. The lowest BCUT2D eigenvalue weighted by Gasteiger charge is -2.19. The molecular formula is C10H16N2O2. The van der Waals surface area contributed by atoms with Gasteiger partial charge in [-0.05, 0) is 33.8 Å². The Balaban J connectivity index is 2.85. The lowest BCUT2D eigenvalue weighted by molar-refractivity contribution is 0.00576. The van der Waals surface area contributed by atoms with Gasteiger partial charge in [-0.2, -0.15) is 5.10 Å². The average Bonchev–Trinajstić information content (AvgIpc) is 2.26. The normalized spacial score (nSPS) is 11.5. The zero-order chi connectivity index (χ0) is 10.9. The Morgan fingerprint density at radius 3 is 2.43 bits per heavy atom. The fraction of sp³-hybridized carbons (Fsp3) is 0.600. The average molecular weight is 196 g/mol. The number of hydrogen-bond donors (Lipinski definition) is 0. The zero-order valence-electron chi connectivity index (χ0n) is 9.29. The van der Waals surface area contributed by atoms with E-state index in [1.165, 1.54) is 4.68 Å². The first-order chi connectivity index (χ1) is 6.29. The van der Waals surface area contributed by atoms with Crippen LogP contribution >= 0.6 is 0 Å². The van der Waals surface area contributed by atoms with E-state index in [1.54, 1.807) is 13.1 Å². The predicted octanol–water partition coefficient (Wildman–Crippen LogP) is 1.68. The van der Waals surface area contributed by atoms with Gasteiger partial charge in [0.15, 0.2) is 0 Å². The molecule has 0 unspecified atom stereocenters. The van der Waals surface area contributed by atoms with Crippen LogP contribution in [0.1, 0.15) is 37.0 Å². The maximum atomic E-state index is 11.6. The molecule has 0 aliphatic carbocycles. The SMILES string of the molecule is Cc1cc(C(=O)OC(C)(C)C)n(C)n1. The van der Waals surface area contributed by atoms with E-state index in [1.807, 2.05) is 27.7 Å². The maximum Gasteiger partial charge on any atom is 0.357 e. The molecule has 0 radical (unpaired) electrons. The third kappa shape index (κ3) is 2.58. The number of rotatable bonds is 1. The van der Waals surface area contributed by atoms with Crippen molar-refractivity contribution in [2.75, 3.05) is 0 Å². The van der Waals surface area contributed by atoms with Crippen LogP contribution in [0.25, 0.3) is 0 Å². The van der Waals surface area contributed by atoms with Crippen molar-refractivity contribution in [2.45, 2.75) is 33.3 Å². The van der Waals surface area contributed by atoms with Crippen LogP contribution in [0.2, 0.25) is 0 Å². The lowest BCUT2D eigenvalue weighted by Crippen LogP contribution is -2.25. The van der Waals surface area contributed by atoms with Crippen molar-refractivity contribution in [3.8, 4) is 0 Å². The number of ether oxygens (including phenoxy) is 1. The minimum absolute atomic E-state index is 0.333. The van der Waals surface area contributed by atoms with Gasteiger partial charge in [-0.25, -0.2) is 4.79 Å². The zero-order valence-corrected chi connectivity index (χ0v) is 9.29. The van der Waals surface area contributed by atoms with Gasteiger partial charge in [-0.3, -0.25) is 4.68 Å². The molecule has 4 heteroatoms. The molecule has 78 valence electrons. The summed E-state index contributed by atoms with van der Waals surface area (Å²) in [5.74, 6) is -0.333. The predicted molar refractivity (Wildman–Crippen MR) is 53.1 cm³/mol. The van der Waals surface area contributed by atoms with Gasteiger partial charge in [0, 0.05) is 7.05 Å². The third-order valence-corrected chi connectivity index (χ3v) is 1.61. The van der Waals surface area contributed by atoms with E-state index in [-0.39, 0.29) is 5.97 Å². The molecule has 0 aliphatic heterocycles. The Bertz CT molecular complexity index is 347. The van der Waals surface area contributed by atoms with Crippen molar-refractivity contribution in [1.29, 1.82) is 0 Å². The van der Waals surface area contributed by atoms with Crippen molar-refractivity contribution >= 4 is 5.97 Å². The van der Waals surface area contributed by atoms with E-state index in [2.05, 4.69) is 5.10 Å². The van der Waals surface area contributed by atoms with E-state index >= 15 is 0 Å². The molecule has 0 saturated heterocycles. The quantitative estimate of drug-likeness (QED) is 0.642. The lowest BCUT2D eigenvalue weighted by atomic mass is 10.2. The van der Waals surface area contributed by atoms with Crippen molar-refractivity contribution in [2.24, 2.45) is 7.05 Å². The van der Waals surface area contributed by atoms with Crippen LogP contribution in [0.4, 0.5) is 0 Å². The monoisotopic (exact) mass is 196 g/mol. The smallest absolute Gasteiger partial charge is 0.357 e. The molecule has 1 rings (SSSR count). The summed E-state index contributed by atoms with van der Waals surface area (Å²) in [6, 6.07) is 1.72. The third-order valence-electron chi connectivity index (χ3n) is 1.61. The van der Waals surface area contributed by atoms with Gasteiger partial charge in [-0.15, -0.1) is 0 Å². The van der Waals surface area contributed by atoms with Crippen molar-refractivity contribution in [3.05, 3.63) is 17.5 Å². The van der Waals surface area contributed by atoms with Crippen LogP contribution in [0.3, 0.4) is 0 Å². The molecule has 0 spiro atoms. The standard InChI is InChI=1S/C10H16N2O2/c1-7-6-8(12(5)11-7)9(13)14-10(2,3)4/h6H,1-5H3. The molecule has 1 aromatic rings. The second kappa shape index (κ2) is 3.44. The molecule has 4 nitrogen and oxygen atoms in total.